The van der Waals surface area contributed by atoms with Crippen LogP contribution in [0.2, 0.25) is 0 Å². The van der Waals surface area contributed by atoms with E-state index in [0.717, 1.165) is 28.3 Å². The van der Waals surface area contributed by atoms with Crippen LogP contribution in [0.5, 0.6) is 5.75 Å². The van der Waals surface area contributed by atoms with Crippen molar-refractivity contribution in [2.24, 2.45) is 0 Å². The molecule has 0 radical (unpaired) electrons. The minimum Gasteiger partial charge on any atom is -0.494 e. The highest BCUT2D eigenvalue weighted by Crippen LogP contribution is 2.27. The molecule has 1 aromatic heterocycles. The molecule has 146 valence electrons. The highest BCUT2D eigenvalue weighted by molar-refractivity contribution is 8.00. The summed E-state index contributed by atoms with van der Waals surface area (Å²) in [4.78, 5) is 12.6. The molecule has 0 saturated heterocycles. The zero-order chi connectivity index (χ0) is 20.1. The van der Waals surface area contributed by atoms with E-state index in [4.69, 9.17) is 4.74 Å². The lowest BCUT2D eigenvalue weighted by molar-refractivity contribution is -0.115. The third kappa shape index (κ3) is 4.51. The number of nitrogens with one attached hydrogen (secondary N) is 1. The van der Waals surface area contributed by atoms with E-state index in [1.165, 1.54) is 11.8 Å². The predicted molar refractivity (Wildman–Crippen MR) is 110 cm³/mol. The topological polar surface area (TPSA) is 81.9 Å². The molecule has 3 rings (SSSR count). The average molecular weight is 398 g/mol. The molecule has 0 bridgehead atoms. The monoisotopic (exact) mass is 397 g/mol. The second kappa shape index (κ2) is 8.88. The van der Waals surface area contributed by atoms with Crippen LogP contribution in [-0.2, 0) is 4.79 Å². The first-order valence-electron chi connectivity index (χ1n) is 9.05. The van der Waals surface area contributed by atoms with Gasteiger partial charge in [-0.3, -0.25) is 4.79 Å². The van der Waals surface area contributed by atoms with Crippen molar-refractivity contribution < 1.29 is 9.53 Å². The van der Waals surface area contributed by atoms with Gasteiger partial charge in [-0.05, 0) is 73.5 Å². The number of benzene rings is 2. The van der Waals surface area contributed by atoms with Gasteiger partial charge in [-0.1, -0.05) is 30.0 Å². The third-order valence-corrected chi connectivity index (χ3v) is 5.21. The lowest BCUT2D eigenvalue weighted by atomic mass is 10.1. The van der Waals surface area contributed by atoms with Crippen molar-refractivity contribution in [2.45, 2.75) is 38.1 Å². The number of nitrogens with zero attached hydrogens (tertiary/aromatic N) is 4. The van der Waals surface area contributed by atoms with Gasteiger partial charge in [0.05, 0.1) is 17.5 Å². The summed E-state index contributed by atoms with van der Waals surface area (Å²) in [5.41, 5.74) is 3.80. The molecule has 0 spiro atoms. The molecule has 8 heteroatoms. The Morgan fingerprint density at radius 3 is 2.50 bits per heavy atom. The summed E-state index contributed by atoms with van der Waals surface area (Å²) in [6, 6.07) is 13.3. The molecular weight excluding hydrogens is 374 g/mol. The molecule has 1 N–H and O–H groups in total. The molecule has 1 amide bonds. The van der Waals surface area contributed by atoms with Gasteiger partial charge in [0.1, 0.15) is 5.75 Å². The van der Waals surface area contributed by atoms with Gasteiger partial charge in [-0.25, -0.2) is 0 Å². The number of ether oxygens (including phenoxy) is 1. The second-order valence-electron chi connectivity index (χ2n) is 6.32. The summed E-state index contributed by atoms with van der Waals surface area (Å²) in [5.74, 6) is 0.654. The van der Waals surface area contributed by atoms with Crippen LogP contribution in [0.25, 0.3) is 5.69 Å². The normalized spacial score (nSPS) is 11.9. The van der Waals surface area contributed by atoms with Crippen LogP contribution in [0.15, 0.2) is 47.6 Å². The Kier molecular flexibility index (Phi) is 6.30. The van der Waals surface area contributed by atoms with Crippen LogP contribution in [0.1, 0.15) is 25.0 Å². The van der Waals surface area contributed by atoms with Crippen molar-refractivity contribution in [3.63, 3.8) is 0 Å². The lowest BCUT2D eigenvalue weighted by Gasteiger charge is -2.14. The van der Waals surface area contributed by atoms with E-state index < -0.39 is 0 Å². The fraction of sp³-hybridized carbons (Fsp3) is 0.300. The van der Waals surface area contributed by atoms with E-state index in [2.05, 4.69) is 20.8 Å². The summed E-state index contributed by atoms with van der Waals surface area (Å²) in [6.45, 7) is 8.40. The van der Waals surface area contributed by atoms with Crippen LogP contribution >= 0.6 is 11.8 Å². The lowest BCUT2D eigenvalue weighted by Crippen LogP contribution is -2.23. The van der Waals surface area contributed by atoms with Crippen molar-refractivity contribution in [1.82, 2.24) is 20.2 Å². The van der Waals surface area contributed by atoms with E-state index >= 15 is 0 Å². The van der Waals surface area contributed by atoms with Gasteiger partial charge in [0.15, 0.2) is 0 Å². The Labute approximate surface area is 168 Å². The number of aryl methyl sites for hydroxylation is 2. The molecule has 0 saturated carbocycles. The molecular formula is C20H23N5O2S. The first kappa shape index (κ1) is 19.9. The number of hydrogen-bond acceptors (Lipinski definition) is 6. The van der Waals surface area contributed by atoms with E-state index in [9.17, 15) is 4.79 Å². The molecule has 1 heterocycles. The number of aromatic nitrogens is 4. The molecule has 2 aromatic carbocycles. The fourth-order valence-electron chi connectivity index (χ4n) is 2.79. The van der Waals surface area contributed by atoms with Crippen LogP contribution in [0.4, 0.5) is 5.69 Å². The van der Waals surface area contributed by atoms with Crippen molar-refractivity contribution in [3.8, 4) is 11.4 Å². The van der Waals surface area contributed by atoms with Crippen LogP contribution < -0.4 is 10.1 Å². The SMILES string of the molecule is CCOc1ccc(NC(=O)C(C)Sc2nnnn2-c2c(C)cccc2C)cc1. The quantitative estimate of drug-likeness (QED) is 0.611. The van der Waals surface area contributed by atoms with Crippen molar-refractivity contribution in [3.05, 3.63) is 53.6 Å². The Morgan fingerprint density at radius 1 is 1.18 bits per heavy atom. The minimum absolute atomic E-state index is 0.120. The number of carbonyl (C=O) groups is 1. The molecule has 3 aromatic rings. The van der Waals surface area contributed by atoms with Gasteiger partial charge in [-0.2, -0.15) is 4.68 Å². The molecule has 7 nitrogen and oxygen atoms in total. The first-order chi connectivity index (χ1) is 13.5. The number of anilines is 1. The van der Waals surface area contributed by atoms with Crippen molar-refractivity contribution in [2.75, 3.05) is 11.9 Å². The third-order valence-electron chi connectivity index (χ3n) is 4.18. The van der Waals surface area contributed by atoms with Crippen LogP contribution in [0, 0.1) is 13.8 Å². The molecule has 0 aliphatic carbocycles. The number of carbonyl (C=O) groups excluding carboxylic acids is 1. The molecule has 1 unspecified atom stereocenters. The Balaban J connectivity index is 1.71. The maximum atomic E-state index is 12.6. The summed E-state index contributed by atoms with van der Waals surface area (Å²) >= 11 is 1.32. The number of amides is 1. The second-order valence-corrected chi connectivity index (χ2v) is 7.63. The molecule has 28 heavy (non-hydrogen) atoms. The summed E-state index contributed by atoms with van der Waals surface area (Å²) in [7, 11) is 0. The molecule has 0 fully saturated rings. The van der Waals surface area contributed by atoms with Gasteiger partial charge < -0.3 is 10.1 Å². The maximum Gasteiger partial charge on any atom is 0.237 e. The number of para-hydroxylation sites is 1. The van der Waals surface area contributed by atoms with Gasteiger partial charge in [-0.15, -0.1) is 5.10 Å². The van der Waals surface area contributed by atoms with Gasteiger partial charge in [0.25, 0.3) is 0 Å². The molecule has 0 aliphatic heterocycles. The predicted octanol–water partition coefficient (Wildman–Crippen LogP) is 3.80. The van der Waals surface area contributed by atoms with Crippen molar-refractivity contribution in [1.29, 1.82) is 0 Å². The Hall–Kier alpha value is -2.87. The van der Waals surface area contributed by atoms with E-state index in [1.54, 1.807) is 4.68 Å². The summed E-state index contributed by atoms with van der Waals surface area (Å²) in [5, 5.41) is 15.1. The van der Waals surface area contributed by atoms with Crippen LogP contribution in [-0.4, -0.2) is 38.0 Å². The van der Waals surface area contributed by atoms with E-state index in [1.807, 2.05) is 70.2 Å². The number of rotatable bonds is 7. The zero-order valence-corrected chi connectivity index (χ0v) is 17.2. The molecule has 0 aliphatic rings. The highest BCUT2D eigenvalue weighted by Gasteiger charge is 2.20. The molecule has 1 atom stereocenters. The van der Waals surface area contributed by atoms with Gasteiger partial charge in [0.2, 0.25) is 11.1 Å². The largest absolute Gasteiger partial charge is 0.494 e. The summed E-state index contributed by atoms with van der Waals surface area (Å²) < 4.78 is 7.11. The fourth-order valence-corrected chi connectivity index (χ4v) is 3.58. The zero-order valence-electron chi connectivity index (χ0n) is 16.3. The van der Waals surface area contributed by atoms with E-state index in [-0.39, 0.29) is 11.2 Å². The Bertz CT molecular complexity index is 935. The van der Waals surface area contributed by atoms with Gasteiger partial charge >= 0.3 is 0 Å². The Morgan fingerprint density at radius 2 is 1.86 bits per heavy atom. The number of hydrogen-bond donors (Lipinski definition) is 1. The average Bonchev–Trinajstić information content (AvgIpc) is 3.11. The minimum atomic E-state index is -0.374. The first-order valence-corrected chi connectivity index (χ1v) is 9.93. The van der Waals surface area contributed by atoms with E-state index in [0.29, 0.717) is 11.8 Å². The standard InChI is InChI=1S/C20H23N5O2S/c1-5-27-17-11-9-16(10-12-17)21-19(26)15(4)28-20-22-23-24-25(20)18-13(2)7-6-8-14(18)3/h6-12,15H,5H2,1-4H3,(H,21,26). The number of thioether (sulfide) groups is 1. The smallest absolute Gasteiger partial charge is 0.237 e. The van der Waals surface area contributed by atoms with Gasteiger partial charge in [0, 0.05) is 5.69 Å². The van der Waals surface area contributed by atoms with Crippen LogP contribution in [0.3, 0.4) is 0 Å². The highest BCUT2D eigenvalue weighted by atomic mass is 32.2. The van der Waals surface area contributed by atoms with Crippen molar-refractivity contribution >= 4 is 23.4 Å². The maximum absolute atomic E-state index is 12.6. The summed E-state index contributed by atoms with van der Waals surface area (Å²) in [6.07, 6.45) is 0. The number of tetrazole rings is 1.